The van der Waals surface area contributed by atoms with E-state index in [4.69, 9.17) is 4.74 Å². The van der Waals surface area contributed by atoms with Gasteiger partial charge in [0, 0.05) is 19.0 Å². The van der Waals surface area contributed by atoms with Crippen molar-refractivity contribution in [3.05, 3.63) is 65.7 Å². The van der Waals surface area contributed by atoms with Gasteiger partial charge in [-0.25, -0.2) is 0 Å². The molecule has 0 aromatic heterocycles. The number of hydrogen-bond donors (Lipinski definition) is 1. The minimum Gasteiger partial charge on any atom is -0.489 e. The first-order valence-electron chi connectivity index (χ1n) is 11.0. The van der Waals surface area contributed by atoms with Crippen LogP contribution in [-0.2, 0) is 11.4 Å². The van der Waals surface area contributed by atoms with Gasteiger partial charge in [0.15, 0.2) is 0 Å². The van der Waals surface area contributed by atoms with Crippen LogP contribution < -0.4 is 10.1 Å². The molecule has 4 atom stereocenters. The van der Waals surface area contributed by atoms with Crippen LogP contribution in [0.25, 0.3) is 0 Å². The summed E-state index contributed by atoms with van der Waals surface area (Å²) in [6.07, 6.45) is 3.32. The summed E-state index contributed by atoms with van der Waals surface area (Å²) in [5.41, 5.74) is 2.44. The van der Waals surface area contributed by atoms with Gasteiger partial charge >= 0.3 is 0 Å². The van der Waals surface area contributed by atoms with Crippen molar-refractivity contribution >= 4 is 5.91 Å². The molecule has 4 nitrogen and oxygen atoms in total. The lowest BCUT2D eigenvalue weighted by molar-refractivity contribution is -0.132. The number of carbonyl (C=O) groups is 1. The van der Waals surface area contributed by atoms with Gasteiger partial charge < -0.3 is 15.0 Å². The molecular weight excluding hydrogens is 360 g/mol. The monoisotopic (exact) mass is 390 g/mol. The molecule has 0 bridgehead atoms. The predicted octanol–water partition coefficient (Wildman–Crippen LogP) is 3.83. The standard InChI is InChI=1S/C25H30N2O2/c28-25(27-12-10-20-15-26-16-21(20)11-13-27)24-14-23(24)19-6-8-22(9-7-19)29-17-18-4-2-1-3-5-18/h1-9,20-21,23-24,26H,10-17H2/t20-,21+,23?,24?. The first-order valence-corrected chi connectivity index (χ1v) is 11.0. The number of nitrogens with zero attached hydrogens (tertiary/aromatic N) is 1. The van der Waals surface area contributed by atoms with Gasteiger partial charge in [0.2, 0.25) is 5.91 Å². The van der Waals surface area contributed by atoms with Gasteiger partial charge in [-0.1, -0.05) is 42.5 Å². The van der Waals surface area contributed by atoms with Crippen LogP contribution in [0.4, 0.5) is 0 Å². The summed E-state index contributed by atoms with van der Waals surface area (Å²) in [5.74, 6) is 3.37. The Morgan fingerprint density at radius 2 is 1.66 bits per heavy atom. The van der Waals surface area contributed by atoms with Crippen LogP contribution in [0.2, 0.25) is 0 Å². The quantitative estimate of drug-likeness (QED) is 0.844. The molecule has 2 saturated heterocycles. The molecule has 4 heteroatoms. The summed E-state index contributed by atoms with van der Waals surface area (Å²) in [7, 11) is 0. The van der Waals surface area contributed by atoms with Crippen molar-refractivity contribution in [3.8, 4) is 5.75 Å². The molecule has 0 radical (unpaired) electrons. The van der Waals surface area contributed by atoms with Gasteiger partial charge in [-0.2, -0.15) is 0 Å². The molecule has 2 heterocycles. The average molecular weight is 391 g/mol. The minimum atomic E-state index is 0.183. The zero-order chi connectivity index (χ0) is 19.6. The minimum absolute atomic E-state index is 0.183. The van der Waals surface area contributed by atoms with Crippen LogP contribution in [-0.4, -0.2) is 37.0 Å². The van der Waals surface area contributed by atoms with Gasteiger partial charge in [0.25, 0.3) is 0 Å². The lowest BCUT2D eigenvalue weighted by Crippen LogP contribution is -2.34. The largest absolute Gasteiger partial charge is 0.489 e. The molecule has 29 heavy (non-hydrogen) atoms. The topological polar surface area (TPSA) is 41.6 Å². The van der Waals surface area contributed by atoms with Crippen LogP contribution in [0.3, 0.4) is 0 Å². The Hall–Kier alpha value is -2.33. The SMILES string of the molecule is O=C(C1CC1c1ccc(OCc2ccccc2)cc1)N1CC[C@@H]2CNC[C@@H]2CC1. The molecule has 1 aliphatic carbocycles. The number of benzene rings is 2. The highest BCUT2D eigenvalue weighted by atomic mass is 16.5. The summed E-state index contributed by atoms with van der Waals surface area (Å²) < 4.78 is 5.89. The average Bonchev–Trinajstić information content (AvgIpc) is 3.49. The number of likely N-dealkylation sites (tertiary alicyclic amines) is 1. The Kier molecular flexibility index (Phi) is 5.28. The van der Waals surface area contributed by atoms with E-state index >= 15 is 0 Å². The maximum absolute atomic E-state index is 13.0. The van der Waals surface area contributed by atoms with E-state index in [1.807, 2.05) is 30.3 Å². The third-order valence-electron chi connectivity index (χ3n) is 7.00. The summed E-state index contributed by atoms with van der Waals surface area (Å²) >= 11 is 0. The van der Waals surface area contributed by atoms with E-state index in [9.17, 15) is 4.79 Å². The fourth-order valence-electron chi connectivity index (χ4n) is 5.06. The van der Waals surface area contributed by atoms with Crippen LogP contribution in [0, 0.1) is 17.8 Å². The van der Waals surface area contributed by atoms with E-state index in [2.05, 4.69) is 34.5 Å². The van der Waals surface area contributed by atoms with Crippen molar-refractivity contribution in [1.82, 2.24) is 10.2 Å². The van der Waals surface area contributed by atoms with Crippen LogP contribution in [0.1, 0.15) is 36.3 Å². The molecule has 2 unspecified atom stereocenters. The Balaban J connectivity index is 1.14. The number of rotatable bonds is 5. The van der Waals surface area contributed by atoms with Gasteiger partial charge in [-0.05, 0) is 73.4 Å². The van der Waals surface area contributed by atoms with E-state index < -0.39 is 0 Å². The highest BCUT2D eigenvalue weighted by Gasteiger charge is 2.46. The van der Waals surface area contributed by atoms with Gasteiger partial charge in [-0.3, -0.25) is 4.79 Å². The summed E-state index contributed by atoms with van der Waals surface area (Å²) in [4.78, 5) is 15.2. The lowest BCUT2D eigenvalue weighted by Gasteiger charge is -2.21. The fraction of sp³-hybridized carbons (Fsp3) is 0.480. The lowest BCUT2D eigenvalue weighted by atomic mass is 9.92. The molecular formula is C25H30N2O2. The zero-order valence-corrected chi connectivity index (χ0v) is 16.9. The van der Waals surface area contributed by atoms with Crippen molar-refractivity contribution in [2.45, 2.75) is 31.8 Å². The Morgan fingerprint density at radius 1 is 0.966 bits per heavy atom. The molecule has 1 N–H and O–H groups in total. The second-order valence-electron chi connectivity index (χ2n) is 8.87. The maximum Gasteiger partial charge on any atom is 0.226 e. The van der Waals surface area contributed by atoms with Crippen molar-refractivity contribution in [3.63, 3.8) is 0 Å². The summed E-state index contributed by atoms with van der Waals surface area (Å²) in [5, 5.41) is 3.51. The van der Waals surface area contributed by atoms with Crippen molar-refractivity contribution in [2.24, 2.45) is 17.8 Å². The van der Waals surface area contributed by atoms with E-state index in [0.29, 0.717) is 18.4 Å². The molecule has 3 fully saturated rings. The molecule has 0 spiro atoms. The molecule has 152 valence electrons. The fourth-order valence-corrected chi connectivity index (χ4v) is 5.06. The number of nitrogens with one attached hydrogen (secondary N) is 1. The molecule has 3 aliphatic rings. The Labute approximate surface area is 173 Å². The molecule has 2 aliphatic heterocycles. The van der Waals surface area contributed by atoms with Crippen LogP contribution in [0.5, 0.6) is 5.75 Å². The number of ether oxygens (including phenoxy) is 1. The number of fused-ring (bicyclic) bond motifs is 1. The highest BCUT2D eigenvalue weighted by Crippen LogP contribution is 2.49. The van der Waals surface area contributed by atoms with Gasteiger partial charge in [0.1, 0.15) is 12.4 Å². The van der Waals surface area contributed by atoms with Crippen LogP contribution in [0.15, 0.2) is 54.6 Å². The molecule has 1 amide bonds. The first kappa shape index (κ1) is 18.7. The van der Waals surface area contributed by atoms with E-state index in [1.54, 1.807) is 0 Å². The predicted molar refractivity (Wildman–Crippen MR) is 114 cm³/mol. The Bertz CT molecular complexity index is 822. The number of carbonyl (C=O) groups excluding carboxylic acids is 1. The third-order valence-corrected chi connectivity index (χ3v) is 7.00. The van der Waals surface area contributed by atoms with Gasteiger partial charge in [0.05, 0.1) is 0 Å². The number of amides is 1. The first-order chi connectivity index (χ1) is 14.3. The summed E-state index contributed by atoms with van der Waals surface area (Å²) in [6.45, 7) is 4.74. The molecule has 2 aromatic carbocycles. The third kappa shape index (κ3) is 4.18. The van der Waals surface area contributed by atoms with Crippen molar-refractivity contribution in [1.29, 1.82) is 0 Å². The van der Waals surface area contributed by atoms with E-state index in [-0.39, 0.29) is 5.92 Å². The van der Waals surface area contributed by atoms with E-state index in [0.717, 1.165) is 63.0 Å². The Morgan fingerprint density at radius 3 is 2.34 bits per heavy atom. The molecule has 5 rings (SSSR count). The van der Waals surface area contributed by atoms with Crippen LogP contribution >= 0.6 is 0 Å². The van der Waals surface area contributed by atoms with E-state index in [1.165, 1.54) is 11.1 Å². The van der Waals surface area contributed by atoms with Crippen molar-refractivity contribution in [2.75, 3.05) is 26.2 Å². The highest BCUT2D eigenvalue weighted by molar-refractivity contribution is 5.83. The number of hydrogen-bond acceptors (Lipinski definition) is 3. The molecule has 2 aromatic rings. The smallest absolute Gasteiger partial charge is 0.226 e. The maximum atomic E-state index is 13.0. The van der Waals surface area contributed by atoms with Gasteiger partial charge in [-0.15, -0.1) is 0 Å². The normalized spacial score (nSPS) is 28.5. The second kappa shape index (κ2) is 8.19. The second-order valence-corrected chi connectivity index (χ2v) is 8.87. The zero-order valence-electron chi connectivity index (χ0n) is 16.9. The van der Waals surface area contributed by atoms with Crippen molar-refractivity contribution < 1.29 is 9.53 Å². The molecule has 1 saturated carbocycles. The summed E-state index contributed by atoms with van der Waals surface area (Å²) in [6, 6.07) is 18.6.